The molecule has 0 radical (unpaired) electrons. The third-order valence-corrected chi connectivity index (χ3v) is 3.76. The van der Waals surface area contributed by atoms with Crippen molar-refractivity contribution in [1.29, 1.82) is 0 Å². The van der Waals surface area contributed by atoms with Crippen molar-refractivity contribution >= 4 is 11.2 Å². The Balaban J connectivity index is 1.96. The Labute approximate surface area is 116 Å². The average molecular weight is 268 g/mol. The summed E-state index contributed by atoms with van der Waals surface area (Å²) in [6.07, 6.45) is 4.32. The van der Waals surface area contributed by atoms with E-state index in [-0.39, 0.29) is 6.17 Å². The Hall–Kier alpha value is -2.14. The lowest BCUT2D eigenvalue weighted by Gasteiger charge is -2.15. The Bertz CT molecular complexity index is 752. The molecule has 3 aromatic heterocycles. The van der Waals surface area contributed by atoms with Crippen LogP contribution in [0.3, 0.4) is 0 Å². The summed E-state index contributed by atoms with van der Waals surface area (Å²) in [5.74, 6) is 2.55. The third-order valence-electron chi connectivity index (χ3n) is 3.76. The van der Waals surface area contributed by atoms with Crippen LogP contribution in [0.4, 0.5) is 0 Å². The zero-order valence-corrected chi connectivity index (χ0v) is 11.3. The molecule has 1 aliphatic heterocycles. The lowest BCUT2D eigenvalue weighted by atomic mass is 10.3. The minimum atomic E-state index is 0.246. The average Bonchev–Trinajstić information content (AvgIpc) is 3.15. The molecule has 1 unspecified atom stereocenters. The van der Waals surface area contributed by atoms with E-state index in [4.69, 9.17) is 9.40 Å². The molecule has 1 atom stereocenters. The smallest absolute Gasteiger partial charge is 0.179 e. The van der Waals surface area contributed by atoms with Crippen molar-refractivity contribution in [2.24, 2.45) is 0 Å². The van der Waals surface area contributed by atoms with Gasteiger partial charge < -0.3 is 4.42 Å². The number of nitrogens with zero attached hydrogens (tertiary/aromatic N) is 3. The summed E-state index contributed by atoms with van der Waals surface area (Å²) in [7, 11) is 0. The highest BCUT2D eigenvalue weighted by molar-refractivity contribution is 5.76. The molecule has 20 heavy (non-hydrogen) atoms. The van der Waals surface area contributed by atoms with Crippen LogP contribution in [0.5, 0.6) is 0 Å². The van der Waals surface area contributed by atoms with Gasteiger partial charge in [0.2, 0.25) is 0 Å². The van der Waals surface area contributed by atoms with Crippen molar-refractivity contribution in [3.8, 4) is 11.6 Å². The maximum absolute atomic E-state index is 5.76. The van der Waals surface area contributed by atoms with Crippen molar-refractivity contribution in [2.45, 2.75) is 25.9 Å². The molecule has 4 heterocycles. The van der Waals surface area contributed by atoms with Gasteiger partial charge in [0.1, 0.15) is 11.3 Å². The van der Waals surface area contributed by atoms with Gasteiger partial charge in [-0.05, 0) is 50.6 Å². The zero-order valence-electron chi connectivity index (χ0n) is 11.3. The van der Waals surface area contributed by atoms with Gasteiger partial charge in [-0.2, -0.15) is 0 Å². The van der Waals surface area contributed by atoms with Crippen LogP contribution < -0.4 is 5.32 Å². The fourth-order valence-corrected chi connectivity index (χ4v) is 2.84. The highest BCUT2D eigenvalue weighted by atomic mass is 16.3. The standard InChI is InChI=1S/C15H16N4O/c1-10-6-7-12(20-10)15-18-11-4-2-9-17-14(11)19(15)13-5-3-8-16-13/h2,4,6-7,9,13,16H,3,5,8H2,1H3. The molecule has 0 saturated carbocycles. The number of pyridine rings is 1. The van der Waals surface area contributed by atoms with Gasteiger partial charge >= 0.3 is 0 Å². The van der Waals surface area contributed by atoms with Crippen molar-refractivity contribution in [3.05, 3.63) is 36.2 Å². The van der Waals surface area contributed by atoms with Gasteiger partial charge in [0.15, 0.2) is 17.2 Å². The first-order valence-electron chi connectivity index (χ1n) is 6.96. The van der Waals surface area contributed by atoms with Crippen LogP contribution in [0.2, 0.25) is 0 Å². The number of rotatable bonds is 2. The van der Waals surface area contributed by atoms with Gasteiger partial charge in [-0.25, -0.2) is 9.97 Å². The first kappa shape index (κ1) is 11.7. The van der Waals surface area contributed by atoms with Gasteiger partial charge in [0.05, 0.1) is 6.17 Å². The molecule has 5 heteroatoms. The Morgan fingerprint density at radius 2 is 2.30 bits per heavy atom. The first-order valence-corrected chi connectivity index (χ1v) is 6.96. The van der Waals surface area contributed by atoms with E-state index in [0.717, 1.165) is 41.5 Å². The van der Waals surface area contributed by atoms with Crippen LogP contribution in [-0.4, -0.2) is 21.1 Å². The zero-order chi connectivity index (χ0) is 13.5. The number of aryl methyl sites for hydroxylation is 1. The SMILES string of the molecule is Cc1ccc(-c2nc3cccnc3n2C2CCCN2)o1. The summed E-state index contributed by atoms with van der Waals surface area (Å²) in [6, 6.07) is 7.85. The number of nitrogens with one attached hydrogen (secondary N) is 1. The molecule has 1 fully saturated rings. The molecule has 102 valence electrons. The second-order valence-corrected chi connectivity index (χ2v) is 5.17. The highest BCUT2D eigenvalue weighted by Crippen LogP contribution is 2.30. The molecule has 1 N–H and O–H groups in total. The second kappa shape index (κ2) is 4.45. The lowest BCUT2D eigenvalue weighted by molar-refractivity contribution is 0.471. The second-order valence-electron chi connectivity index (χ2n) is 5.17. The topological polar surface area (TPSA) is 55.9 Å². The molecule has 0 bridgehead atoms. The van der Waals surface area contributed by atoms with Crippen molar-refractivity contribution in [1.82, 2.24) is 19.9 Å². The van der Waals surface area contributed by atoms with Crippen molar-refractivity contribution < 1.29 is 4.42 Å². The molecule has 0 amide bonds. The summed E-state index contributed by atoms with van der Waals surface area (Å²) in [5, 5.41) is 3.51. The van der Waals surface area contributed by atoms with E-state index in [1.807, 2.05) is 37.4 Å². The summed E-state index contributed by atoms with van der Waals surface area (Å²) in [5.41, 5.74) is 1.82. The van der Waals surface area contributed by atoms with E-state index >= 15 is 0 Å². The number of furan rings is 1. The fraction of sp³-hybridized carbons (Fsp3) is 0.333. The summed E-state index contributed by atoms with van der Waals surface area (Å²) in [6.45, 7) is 2.98. The lowest BCUT2D eigenvalue weighted by Crippen LogP contribution is -2.20. The molecule has 1 saturated heterocycles. The van der Waals surface area contributed by atoms with Crippen molar-refractivity contribution in [3.63, 3.8) is 0 Å². The summed E-state index contributed by atoms with van der Waals surface area (Å²) < 4.78 is 7.93. The van der Waals surface area contributed by atoms with Crippen LogP contribution in [0.1, 0.15) is 24.8 Å². The van der Waals surface area contributed by atoms with Crippen LogP contribution in [0.15, 0.2) is 34.9 Å². The van der Waals surface area contributed by atoms with Crippen LogP contribution in [0, 0.1) is 6.92 Å². The van der Waals surface area contributed by atoms with E-state index in [9.17, 15) is 0 Å². The maximum Gasteiger partial charge on any atom is 0.179 e. The van der Waals surface area contributed by atoms with Gasteiger partial charge in [0, 0.05) is 6.20 Å². The molecule has 1 aliphatic rings. The van der Waals surface area contributed by atoms with E-state index in [1.54, 1.807) is 0 Å². The minimum Gasteiger partial charge on any atom is -0.458 e. The fourth-order valence-electron chi connectivity index (χ4n) is 2.84. The summed E-state index contributed by atoms with van der Waals surface area (Å²) in [4.78, 5) is 9.21. The van der Waals surface area contributed by atoms with Crippen LogP contribution in [0.25, 0.3) is 22.7 Å². The van der Waals surface area contributed by atoms with Gasteiger partial charge in [-0.15, -0.1) is 0 Å². The predicted molar refractivity (Wildman–Crippen MR) is 76.2 cm³/mol. The third kappa shape index (κ3) is 1.74. The number of hydrogen-bond donors (Lipinski definition) is 1. The number of imidazole rings is 1. The quantitative estimate of drug-likeness (QED) is 0.776. The van der Waals surface area contributed by atoms with Gasteiger partial charge in [-0.3, -0.25) is 9.88 Å². The van der Waals surface area contributed by atoms with E-state index in [1.165, 1.54) is 6.42 Å². The summed E-state index contributed by atoms with van der Waals surface area (Å²) >= 11 is 0. The maximum atomic E-state index is 5.76. The molecule has 3 aromatic rings. The number of aromatic nitrogens is 3. The number of fused-ring (bicyclic) bond motifs is 1. The molecule has 4 rings (SSSR count). The number of hydrogen-bond acceptors (Lipinski definition) is 4. The highest BCUT2D eigenvalue weighted by Gasteiger charge is 2.24. The normalized spacial score (nSPS) is 18.9. The minimum absolute atomic E-state index is 0.246. The van der Waals surface area contributed by atoms with Crippen LogP contribution >= 0.6 is 0 Å². The van der Waals surface area contributed by atoms with Crippen molar-refractivity contribution in [2.75, 3.05) is 6.54 Å². The molecule has 5 nitrogen and oxygen atoms in total. The van der Waals surface area contributed by atoms with E-state index < -0.39 is 0 Å². The largest absolute Gasteiger partial charge is 0.458 e. The Kier molecular flexibility index (Phi) is 2.60. The molecular formula is C15H16N4O. The van der Waals surface area contributed by atoms with E-state index in [2.05, 4.69) is 14.9 Å². The van der Waals surface area contributed by atoms with Gasteiger partial charge in [-0.1, -0.05) is 0 Å². The Morgan fingerprint density at radius 1 is 1.35 bits per heavy atom. The molecular weight excluding hydrogens is 252 g/mol. The predicted octanol–water partition coefficient (Wildman–Crippen LogP) is 2.88. The van der Waals surface area contributed by atoms with E-state index in [0.29, 0.717) is 0 Å². The molecule has 0 spiro atoms. The first-order chi connectivity index (χ1) is 9.83. The Morgan fingerprint density at radius 3 is 3.05 bits per heavy atom. The van der Waals surface area contributed by atoms with Gasteiger partial charge in [0.25, 0.3) is 0 Å². The molecule has 0 aliphatic carbocycles. The van der Waals surface area contributed by atoms with Crippen LogP contribution in [-0.2, 0) is 0 Å². The monoisotopic (exact) mass is 268 g/mol. The molecule has 0 aromatic carbocycles.